The molecule has 1 amide bonds. The Bertz CT molecular complexity index is 1080. The molecule has 1 heterocycles. The van der Waals surface area contributed by atoms with Gasteiger partial charge in [-0.3, -0.25) is 4.79 Å². The molecule has 0 aliphatic rings. The van der Waals surface area contributed by atoms with E-state index in [-0.39, 0.29) is 12.1 Å². The monoisotopic (exact) mass is 450 g/mol. The average molecular weight is 450 g/mol. The summed E-state index contributed by atoms with van der Waals surface area (Å²) in [5, 5.41) is 3.48. The number of benzene rings is 2. The predicted molar refractivity (Wildman–Crippen MR) is 113 cm³/mol. The second kappa shape index (κ2) is 9.38. The normalized spacial score (nSPS) is 11.3. The second-order valence-corrected chi connectivity index (χ2v) is 7.77. The number of rotatable bonds is 7. The predicted octanol–water partition coefficient (Wildman–Crippen LogP) is 5.13. The van der Waals surface area contributed by atoms with Crippen molar-refractivity contribution in [2.24, 2.45) is 0 Å². The first kappa shape index (κ1) is 22.6. The summed E-state index contributed by atoms with van der Waals surface area (Å²) >= 11 is 1.49. The summed E-state index contributed by atoms with van der Waals surface area (Å²) in [6, 6.07) is 9.91. The number of aryl methyl sites for hydroxylation is 1. The van der Waals surface area contributed by atoms with Crippen LogP contribution in [0.3, 0.4) is 0 Å². The van der Waals surface area contributed by atoms with Crippen molar-refractivity contribution < 1.29 is 27.4 Å². The van der Waals surface area contributed by atoms with E-state index in [2.05, 4.69) is 10.3 Å². The van der Waals surface area contributed by atoms with E-state index in [0.29, 0.717) is 17.9 Å². The molecule has 0 spiro atoms. The van der Waals surface area contributed by atoms with Crippen LogP contribution in [0.5, 0.6) is 11.5 Å². The summed E-state index contributed by atoms with van der Waals surface area (Å²) < 4.78 is 49.1. The van der Waals surface area contributed by atoms with Crippen molar-refractivity contribution in [1.82, 2.24) is 10.3 Å². The van der Waals surface area contributed by atoms with Crippen LogP contribution in [0.15, 0.2) is 42.5 Å². The van der Waals surface area contributed by atoms with Crippen molar-refractivity contribution in [3.63, 3.8) is 0 Å². The zero-order valence-electron chi connectivity index (χ0n) is 17.2. The van der Waals surface area contributed by atoms with Crippen LogP contribution >= 0.6 is 11.3 Å². The molecule has 0 aliphatic heterocycles. The molecule has 0 bridgehead atoms. The highest BCUT2D eigenvalue weighted by Crippen LogP contribution is 2.35. The van der Waals surface area contributed by atoms with Gasteiger partial charge in [-0.15, -0.1) is 11.3 Å². The number of alkyl halides is 3. The van der Waals surface area contributed by atoms with Gasteiger partial charge in [0.05, 0.1) is 25.5 Å². The van der Waals surface area contributed by atoms with Crippen LogP contribution in [0.2, 0.25) is 0 Å². The molecule has 2 aromatic carbocycles. The standard InChI is InChI=1S/C22H21F3N2O3S/c1-13-19(31-21(27-13)15-7-8-17(29-2)18(12-15)30-3)9-10-26-20(28)14-5-4-6-16(11-14)22(23,24)25/h4-8,11-12H,9-10H2,1-3H3,(H,26,28). The van der Waals surface area contributed by atoms with E-state index in [4.69, 9.17) is 9.47 Å². The van der Waals surface area contributed by atoms with Crippen molar-refractivity contribution in [3.8, 4) is 22.1 Å². The maximum atomic E-state index is 12.8. The van der Waals surface area contributed by atoms with E-state index in [9.17, 15) is 18.0 Å². The maximum Gasteiger partial charge on any atom is 0.416 e. The Balaban J connectivity index is 1.66. The first-order valence-corrected chi connectivity index (χ1v) is 10.2. The molecule has 1 aromatic heterocycles. The molecule has 31 heavy (non-hydrogen) atoms. The second-order valence-electron chi connectivity index (χ2n) is 6.68. The third-order valence-corrected chi connectivity index (χ3v) is 5.88. The minimum absolute atomic E-state index is 0.0260. The number of methoxy groups -OCH3 is 2. The number of carbonyl (C=O) groups is 1. The lowest BCUT2D eigenvalue weighted by molar-refractivity contribution is -0.137. The first-order valence-electron chi connectivity index (χ1n) is 9.37. The highest BCUT2D eigenvalue weighted by Gasteiger charge is 2.30. The van der Waals surface area contributed by atoms with Crippen LogP contribution in [0.4, 0.5) is 13.2 Å². The number of hydrogen-bond acceptors (Lipinski definition) is 5. The Morgan fingerprint density at radius 2 is 1.84 bits per heavy atom. The van der Waals surface area contributed by atoms with E-state index in [0.717, 1.165) is 33.3 Å². The van der Waals surface area contributed by atoms with Crippen LogP contribution in [0.1, 0.15) is 26.5 Å². The smallest absolute Gasteiger partial charge is 0.416 e. The number of carbonyl (C=O) groups excluding carboxylic acids is 1. The van der Waals surface area contributed by atoms with Gasteiger partial charge < -0.3 is 14.8 Å². The molecular weight excluding hydrogens is 429 g/mol. The summed E-state index contributed by atoms with van der Waals surface area (Å²) in [6.07, 6.45) is -3.97. The molecule has 0 saturated heterocycles. The Labute approximate surface area is 181 Å². The minimum atomic E-state index is -4.49. The first-order chi connectivity index (χ1) is 14.7. The lowest BCUT2D eigenvalue weighted by atomic mass is 10.1. The summed E-state index contributed by atoms with van der Waals surface area (Å²) in [6.45, 7) is 2.16. The molecule has 164 valence electrons. The minimum Gasteiger partial charge on any atom is -0.493 e. The van der Waals surface area contributed by atoms with Gasteiger partial charge in [0.15, 0.2) is 11.5 Å². The Morgan fingerprint density at radius 3 is 2.52 bits per heavy atom. The van der Waals surface area contributed by atoms with Gasteiger partial charge in [0.2, 0.25) is 0 Å². The zero-order valence-corrected chi connectivity index (χ0v) is 18.0. The van der Waals surface area contributed by atoms with Crippen molar-refractivity contribution >= 4 is 17.2 Å². The van der Waals surface area contributed by atoms with Gasteiger partial charge in [0, 0.05) is 29.0 Å². The Kier molecular flexibility index (Phi) is 6.84. The Morgan fingerprint density at radius 1 is 1.10 bits per heavy atom. The van der Waals surface area contributed by atoms with Crippen LogP contribution in [-0.2, 0) is 12.6 Å². The maximum absolute atomic E-state index is 12.8. The van der Waals surface area contributed by atoms with Gasteiger partial charge >= 0.3 is 6.18 Å². The molecule has 3 rings (SSSR count). The van der Waals surface area contributed by atoms with Gasteiger partial charge in [-0.1, -0.05) is 6.07 Å². The SMILES string of the molecule is COc1ccc(-c2nc(C)c(CCNC(=O)c3cccc(C(F)(F)F)c3)s2)cc1OC. The third-order valence-electron chi connectivity index (χ3n) is 4.61. The zero-order chi connectivity index (χ0) is 22.6. The van der Waals surface area contributed by atoms with Crippen molar-refractivity contribution in [3.05, 3.63) is 64.2 Å². The third kappa shape index (κ3) is 5.35. The van der Waals surface area contributed by atoms with Crippen LogP contribution in [-0.4, -0.2) is 31.7 Å². The van der Waals surface area contributed by atoms with Gasteiger partial charge in [0.25, 0.3) is 5.91 Å². The lowest BCUT2D eigenvalue weighted by Crippen LogP contribution is -2.26. The number of ether oxygens (including phenoxy) is 2. The molecule has 3 aromatic rings. The van der Waals surface area contributed by atoms with Crippen LogP contribution < -0.4 is 14.8 Å². The number of hydrogen-bond donors (Lipinski definition) is 1. The molecule has 0 atom stereocenters. The molecule has 0 radical (unpaired) electrons. The molecule has 0 fully saturated rings. The lowest BCUT2D eigenvalue weighted by Gasteiger charge is -2.09. The fourth-order valence-corrected chi connectivity index (χ4v) is 4.04. The van der Waals surface area contributed by atoms with E-state index in [1.807, 2.05) is 19.1 Å². The van der Waals surface area contributed by atoms with Gasteiger partial charge in [-0.25, -0.2) is 4.98 Å². The molecule has 5 nitrogen and oxygen atoms in total. The van der Waals surface area contributed by atoms with Gasteiger partial charge in [0.1, 0.15) is 5.01 Å². The summed E-state index contributed by atoms with van der Waals surface area (Å²) in [5.41, 5.74) is 0.841. The summed E-state index contributed by atoms with van der Waals surface area (Å²) in [5.74, 6) is 0.674. The number of thiazole rings is 1. The van der Waals surface area contributed by atoms with Crippen LogP contribution in [0.25, 0.3) is 10.6 Å². The Hall–Kier alpha value is -3.07. The van der Waals surface area contributed by atoms with E-state index < -0.39 is 17.6 Å². The van der Waals surface area contributed by atoms with E-state index >= 15 is 0 Å². The average Bonchev–Trinajstić information content (AvgIpc) is 3.13. The number of nitrogens with zero attached hydrogens (tertiary/aromatic N) is 1. The molecule has 0 aliphatic carbocycles. The summed E-state index contributed by atoms with van der Waals surface area (Å²) in [4.78, 5) is 17.8. The molecule has 0 unspecified atom stereocenters. The van der Waals surface area contributed by atoms with Gasteiger partial charge in [-0.05, 0) is 43.3 Å². The molecular formula is C22H21F3N2O3S. The topological polar surface area (TPSA) is 60.5 Å². The van der Waals surface area contributed by atoms with Crippen molar-refractivity contribution in [1.29, 1.82) is 0 Å². The van der Waals surface area contributed by atoms with Crippen LogP contribution in [0, 0.1) is 6.92 Å². The van der Waals surface area contributed by atoms with E-state index in [1.54, 1.807) is 20.3 Å². The fraction of sp³-hybridized carbons (Fsp3) is 0.273. The largest absolute Gasteiger partial charge is 0.493 e. The molecule has 0 saturated carbocycles. The van der Waals surface area contributed by atoms with Crippen molar-refractivity contribution in [2.45, 2.75) is 19.5 Å². The highest BCUT2D eigenvalue weighted by molar-refractivity contribution is 7.15. The van der Waals surface area contributed by atoms with E-state index in [1.165, 1.54) is 23.5 Å². The summed E-state index contributed by atoms with van der Waals surface area (Å²) in [7, 11) is 3.13. The quantitative estimate of drug-likeness (QED) is 0.542. The molecule has 1 N–H and O–H groups in total. The highest BCUT2D eigenvalue weighted by atomic mass is 32.1. The van der Waals surface area contributed by atoms with Gasteiger partial charge in [-0.2, -0.15) is 13.2 Å². The number of halogens is 3. The molecule has 9 heteroatoms. The number of amides is 1. The number of aromatic nitrogens is 1. The number of nitrogens with one attached hydrogen (secondary N) is 1. The van der Waals surface area contributed by atoms with Crippen molar-refractivity contribution in [2.75, 3.05) is 20.8 Å². The fourth-order valence-electron chi connectivity index (χ4n) is 2.98.